The normalized spacial score (nSPS) is 12.8. The lowest BCUT2D eigenvalue weighted by molar-refractivity contribution is -0.152. The van der Waals surface area contributed by atoms with Crippen LogP contribution in [0.2, 0.25) is 0 Å². The number of hydrogen-bond donors (Lipinski definition) is 1. The largest absolute Gasteiger partial charge is 0.438 e. The van der Waals surface area contributed by atoms with Crippen LogP contribution in [-0.4, -0.2) is 25.1 Å². The summed E-state index contributed by atoms with van der Waals surface area (Å²) in [5.41, 5.74) is 0. The van der Waals surface area contributed by atoms with Crippen LogP contribution in [0.4, 0.5) is 0 Å². The molecule has 0 fully saturated rings. The summed E-state index contributed by atoms with van der Waals surface area (Å²) in [6, 6.07) is 0. The fourth-order valence-corrected chi connectivity index (χ4v) is 0.312. The van der Waals surface area contributed by atoms with Crippen LogP contribution < -0.4 is 0 Å². The molecule has 0 aromatic heterocycles. The van der Waals surface area contributed by atoms with Crippen LogP contribution in [0.15, 0.2) is 0 Å². The molecule has 0 aliphatic rings. The summed E-state index contributed by atoms with van der Waals surface area (Å²) in [6.45, 7) is 1.64. The third kappa shape index (κ3) is 4.29. The summed E-state index contributed by atoms with van der Waals surface area (Å²) >= 11 is 3.84. The molecule has 0 aromatic rings. The molecule has 0 heterocycles. The highest BCUT2D eigenvalue weighted by molar-refractivity contribution is 7.81. The van der Waals surface area contributed by atoms with E-state index in [1.165, 1.54) is 7.11 Å². The van der Waals surface area contributed by atoms with Crippen LogP contribution in [0.25, 0.3) is 0 Å². The average molecular weight is 150 g/mol. The number of thiol groups is 1. The maximum Gasteiger partial charge on any atom is 0.320 e. The number of carbonyl (C=O) groups excluding carboxylic acids is 1. The molecule has 0 aliphatic heterocycles. The summed E-state index contributed by atoms with van der Waals surface area (Å²) in [5, 5.41) is -0.375. The van der Waals surface area contributed by atoms with Crippen LogP contribution in [0.3, 0.4) is 0 Å². The van der Waals surface area contributed by atoms with Crippen molar-refractivity contribution >= 4 is 18.6 Å². The van der Waals surface area contributed by atoms with Crippen LogP contribution in [0.5, 0.6) is 0 Å². The predicted octanol–water partition coefficient (Wildman–Crippen LogP) is 0.452. The number of ether oxygens (including phenoxy) is 2. The maximum atomic E-state index is 10.5. The Morgan fingerprint density at radius 2 is 2.33 bits per heavy atom. The lowest BCUT2D eigenvalue weighted by Gasteiger charge is -2.03. The van der Waals surface area contributed by atoms with Gasteiger partial charge in [-0.2, -0.15) is 12.6 Å². The monoisotopic (exact) mass is 150 g/mol. The minimum absolute atomic E-state index is 0.00370. The maximum absolute atomic E-state index is 10.5. The van der Waals surface area contributed by atoms with E-state index in [1.807, 2.05) is 0 Å². The molecule has 0 N–H and O–H groups in total. The number of esters is 1. The van der Waals surface area contributed by atoms with Crippen molar-refractivity contribution in [3.63, 3.8) is 0 Å². The number of carbonyl (C=O) groups is 1. The molecule has 4 heteroatoms. The predicted molar refractivity (Wildman–Crippen MR) is 36.4 cm³/mol. The average Bonchev–Trinajstić information content (AvgIpc) is 1.82. The molecule has 3 nitrogen and oxygen atoms in total. The molecular formula is C5H10O3S. The zero-order valence-electron chi connectivity index (χ0n) is 5.46. The van der Waals surface area contributed by atoms with Gasteiger partial charge in [0.2, 0.25) is 0 Å². The molecule has 1 unspecified atom stereocenters. The summed E-state index contributed by atoms with van der Waals surface area (Å²) in [4.78, 5) is 10.5. The van der Waals surface area contributed by atoms with E-state index in [-0.39, 0.29) is 18.0 Å². The first kappa shape index (κ1) is 8.78. The van der Waals surface area contributed by atoms with E-state index in [9.17, 15) is 4.79 Å². The van der Waals surface area contributed by atoms with E-state index in [0.29, 0.717) is 0 Å². The molecule has 1 atom stereocenters. The molecule has 0 rings (SSSR count). The van der Waals surface area contributed by atoms with Crippen molar-refractivity contribution in [2.24, 2.45) is 0 Å². The van der Waals surface area contributed by atoms with Crippen molar-refractivity contribution in [2.75, 3.05) is 13.9 Å². The topological polar surface area (TPSA) is 35.5 Å². The molecule has 9 heavy (non-hydrogen) atoms. The van der Waals surface area contributed by atoms with Gasteiger partial charge in [-0.1, -0.05) is 0 Å². The Morgan fingerprint density at radius 1 is 1.78 bits per heavy atom. The van der Waals surface area contributed by atoms with Gasteiger partial charge in [-0.05, 0) is 6.92 Å². The van der Waals surface area contributed by atoms with Gasteiger partial charge in [0.25, 0.3) is 0 Å². The molecule has 0 saturated carbocycles. The van der Waals surface area contributed by atoms with E-state index >= 15 is 0 Å². The first-order valence-corrected chi connectivity index (χ1v) is 3.03. The van der Waals surface area contributed by atoms with Crippen molar-refractivity contribution in [3.8, 4) is 0 Å². The van der Waals surface area contributed by atoms with Crippen LogP contribution >= 0.6 is 12.6 Å². The van der Waals surface area contributed by atoms with Gasteiger partial charge in [-0.15, -0.1) is 0 Å². The lowest BCUT2D eigenvalue weighted by atomic mass is 10.5. The van der Waals surface area contributed by atoms with Crippen LogP contribution in [0.1, 0.15) is 6.92 Å². The second-order valence-corrected chi connectivity index (χ2v) is 2.32. The smallest absolute Gasteiger partial charge is 0.320 e. The SMILES string of the molecule is COCOC(=O)C(C)S. The minimum atomic E-state index is -0.375. The fourth-order valence-electron chi connectivity index (χ4n) is 0.238. The lowest BCUT2D eigenvalue weighted by Crippen LogP contribution is -2.15. The first-order valence-electron chi connectivity index (χ1n) is 2.52. The van der Waals surface area contributed by atoms with Gasteiger partial charge >= 0.3 is 5.97 Å². The zero-order chi connectivity index (χ0) is 7.28. The van der Waals surface area contributed by atoms with E-state index in [4.69, 9.17) is 0 Å². The molecule has 0 aromatic carbocycles. The zero-order valence-corrected chi connectivity index (χ0v) is 6.35. The van der Waals surface area contributed by atoms with Crippen molar-refractivity contribution in [1.29, 1.82) is 0 Å². The highest BCUT2D eigenvalue weighted by Gasteiger charge is 2.07. The highest BCUT2D eigenvalue weighted by Crippen LogP contribution is 1.94. The van der Waals surface area contributed by atoms with Crippen LogP contribution in [0, 0.1) is 0 Å². The van der Waals surface area contributed by atoms with Crippen LogP contribution in [-0.2, 0) is 14.3 Å². The van der Waals surface area contributed by atoms with E-state index in [0.717, 1.165) is 0 Å². The minimum Gasteiger partial charge on any atom is -0.438 e. The van der Waals surface area contributed by atoms with Gasteiger partial charge in [0, 0.05) is 7.11 Å². The van der Waals surface area contributed by atoms with E-state index < -0.39 is 0 Å². The van der Waals surface area contributed by atoms with E-state index in [1.54, 1.807) is 6.92 Å². The molecule has 0 bridgehead atoms. The Balaban J connectivity index is 3.28. The Labute approximate surface area is 59.7 Å². The molecule has 0 radical (unpaired) electrons. The van der Waals surface area contributed by atoms with Gasteiger partial charge in [0.1, 0.15) is 0 Å². The van der Waals surface area contributed by atoms with Gasteiger partial charge in [-0.25, -0.2) is 0 Å². The van der Waals surface area contributed by atoms with Gasteiger partial charge in [0.15, 0.2) is 6.79 Å². The summed E-state index contributed by atoms with van der Waals surface area (Å²) in [7, 11) is 1.45. The Bertz CT molecular complexity index is 92.2. The van der Waals surface area contributed by atoms with Crippen molar-refractivity contribution in [2.45, 2.75) is 12.2 Å². The van der Waals surface area contributed by atoms with Gasteiger partial charge < -0.3 is 9.47 Å². The standard InChI is InChI=1S/C5H10O3S/c1-4(9)5(6)8-3-7-2/h4,9H,3H2,1-2H3. The summed E-state index contributed by atoms with van der Waals surface area (Å²) in [5.74, 6) is -0.361. The van der Waals surface area contributed by atoms with Gasteiger partial charge in [-0.3, -0.25) is 4.79 Å². The molecule has 0 saturated heterocycles. The fraction of sp³-hybridized carbons (Fsp3) is 0.800. The molecule has 0 amide bonds. The highest BCUT2D eigenvalue weighted by atomic mass is 32.1. The third-order valence-electron chi connectivity index (χ3n) is 0.660. The molecule has 0 spiro atoms. The molecule has 0 aliphatic carbocycles. The van der Waals surface area contributed by atoms with Gasteiger partial charge in [0.05, 0.1) is 5.25 Å². The number of methoxy groups -OCH3 is 1. The third-order valence-corrected chi connectivity index (χ3v) is 0.871. The van der Waals surface area contributed by atoms with Crippen molar-refractivity contribution in [1.82, 2.24) is 0 Å². The Kier molecular flexibility index (Phi) is 4.53. The van der Waals surface area contributed by atoms with Crippen molar-refractivity contribution < 1.29 is 14.3 Å². The van der Waals surface area contributed by atoms with Crippen molar-refractivity contribution in [3.05, 3.63) is 0 Å². The quantitative estimate of drug-likeness (QED) is 0.360. The molecule has 54 valence electrons. The number of hydrogen-bond acceptors (Lipinski definition) is 4. The Hall–Kier alpha value is -0.220. The summed E-state index contributed by atoms with van der Waals surface area (Å²) < 4.78 is 9.00. The molecular weight excluding hydrogens is 140 g/mol. The van der Waals surface area contributed by atoms with E-state index in [2.05, 4.69) is 22.1 Å². The second-order valence-electron chi connectivity index (χ2n) is 1.55. The second kappa shape index (κ2) is 4.64. The first-order chi connectivity index (χ1) is 4.18. The summed E-state index contributed by atoms with van der Waals surface area (Å²) in [6.07, 6.45) is 0. The Morgan fingerprint density at radius 3 is 2.67 bits per heavy atom. The number of rotatable bonds is 3.